The molecule has 1 N–H and O–H groups in total. The van der Waals surface area contributed by atoms with Crippen LogP contribution in [0.15, 0.2) is 53.6 Å². The van der Waals surface area contributed by atoms with Crippen LogP contribution in [-0.4, -0.2) is 70.5 Å². The van der Waals surface area contributed by atoms with Crippen LogP contribution in [0.1, 0.15) is 73.3 Å². The van der Waals surface area contributed by atoms with E-state index in [1.807, 2.05) is 50.6 Å². The number of nitrogens with one attached hydrogen (secondary N) is 1. The number of aromatic nitrogens is 4. The fourth-order valence-electron chi connectivity index (χ4n) is 6.48. The predicted molar refractivity (Wildman–Crippen MR) is 174 cm³/mol. The summed E-state index contributed by atoms with van der Waals surface area (Å²) in [4.78, 5) is 17.9. The number of fused-ring (bicyclic) bond motifs is 2. The number of rotatable bonds is 9. The number of amides is 1. The molecule has 1 fully saturated rings. The van der Waals surface area contributed by atoms with E-state index in [9.17, 15) is 13.2 Å². The molecule has 0 saturated carbocycles. The van der Waals surface area contributed by atoms with E-state index in [2.05, 4.69) is 32.7 Å². The van der Waals surface area contributed by atoms with Crippen molar-refractivity contribution >= 4 is 27.0 Å². The summed E-state index contributed by atoms with van der Waals surface area (Å²) in [6.45, 7) is 10.3. The summed E-state index contributed by atoms with van der Waals surface area (Å²) in [6.07, 6.45) is 3.88. The van der Waals surface area contributed by atoms with Crippen LogP contribution in [0, 0.1) is 13.8 Å². The van der Waals surface area contributed by atoms with Crippen molar-refractivity contribution in [2.45, 2.75) is 89.4 Å². The Morgan fingerprint density at radius 2 is 2.00 bits per heavy atom. The van der Waals surface area contributed by atoms with Gasteiger partial charge < -0.3 is 14.8 Å². The van der Waals surface area contributed by atoms with Gasteiger partial charge in [0.05, 0.1) is 24.7 Å². The zero-order valence-corrected chi connectivity index (χ0v) is 27.7. The van der Waals surface area contributed by atoms with Gasteiger partial charge in [-0.3, -0.25) is 4.79 Å². The number of pyridine rings is 1. The van der Waals surface area contributed by atoms with Gasteiger partial charge in [-0.2, -0.15) is 4.31 Å². The Morgan fingerprint density at radius 1 is 1.15 bits per heavy atom. The van der Waals surface area contributed by atoms with Gasteiger partial charge in [0, 0.05) is 38.2 Å². The number of aryl methyl sites for hydroxylation is 3. The van der Waals surface area contributed by atoms with Crippen LogP contribution in [0.25, 0.3) is 11.0 Å². The summed E-state index contributed by atoms with van der Waals surface area (Å²) in [5.41, 5.74) is 6.48. The molecule has 0 spiro atoms. The number of nitrogens with zero attached hydrogens (tertiary/aromatic N) is 5. The molecule has 46 heavy (non-hydrogen) atoms. The Kier molecular flexibility index (Phi) is 9.39. The van der Waals surface area contributed by atoms with Crippen molar-refractivity contribution in [2.24, 2.45) is 0 Å². The molecule has 0 radical (unpaired) electrons. The lowest BCUT2D eigenvalue weighted by Crippen LogP contribution is -2.41. The van der Waals surface area contributed by atoms with Crippen molar-refractivity contribution in [1.82, 2.24) is 29.6 Å². The molecule has 0 bridgehead atoms. The first-order valence-electron chi connectivity index (χ1n) is 16.1. The second kappa shape index (κ2) is 13.5. The molecule has 6 rings (SSSR count). The van der Waals surface area contributed by atoms with Gasteiger partial charge in [-0.1, -0.05) is 36.4 Å². The number of benzene rings is 2. The minimum absolute atomic E-state index is 0.0113. The van der Waals surface area contributed by atoms with Crippen molar-refractivity contribution in [2.75, 3.05) is 19.8 Å². The van der Waals surface area contributed by atoms with Gasteiger partial charge in [0.25, 0.3) is 0 Å². The second-order valence-electron chi connectivity index (χ2n) is 12.2. The maximum Gasteiger partial charge on any atom is 0.248 e. The van der Waals surface area contributed by atoms with Gasteiger partial charge in [0.2, 0.25) is 21.8 Å². The molecule has 2 unspecified atom stereocenters. The van der Waals surface area contributed by atoms with E-state index >= 15 is 0 Å². The summed E-state index contributed by atoms with van der Waals surface area (Å²) in [5, 5.41) is 12.0. The monoisotopic (exact) mass is 646 g/mol. The van der Waals surface area contributed by atoms with E-state index in [1.54, 1.807) is 18.3 Å². The number of ether oxygens (including phenoxy) is 2. The molecule has 3 atom stereocenters. The van der Waals surface area contributed by atoms with E-state index in [1.165, 1.54) is 4.31 Å². The van der Waals surface area contributed by atoms with Crippen LogP contribution >= 0.6 is 0 Å². The van der Waals surface area contributed by atoms with E-state index in [4.69, 9.17) is 9.47 Å². The number of carbonyl (C=O) groups is 1. The van der Waals surface area contributed by atoms with Gasteiger partial charge in [0.1, 0.15) is 16.5 Å². The third-order valence-electron chi connectivity index (χ3n) is 9.19. The van der Waals surface area contributed by atoms with E-state index in [0.29, 0.717) is 19.6 Å². The minimum atomic E-state index is -3.88. The number of hydrogen-bond donors (Lipinski definition) is 1. The lowest BCUT2D eigenvalue weighted by atomic mass is 9.84. The summed E-state index contributed by atoms with van der Waals surface area (Å²) >= 11 is 0. The largest absolute Gasteiger partial charge is 0.472 e. The Labute approximate surface area is 270 Å². The smallest absolute Gasteiger partial charge is 0.248 e. The third-order valence-corrected chi connectivity index (χ3v) is 11.0. The highest BCUT2D eigenvalue weighted by atomic mass is 32.2. The first-order chi connectivity index (χ1) is 22.2. The predicted octanol–water partition coefficient (Wildman–Crippen LogP) is 4.64. The molecule has 2 aromatic carbocycles. The third kappa shape index (κ3) is 6.38. The number of carbonyl (C=O) groups excluding carboxylic acids is 1. The highest BCUT2D eigenvalue weighted by Gasteiger charge is 2.35. The zero-order chi connectivity index (χ0) is 32.4. The minimum Gasteiger partial charge on any atom is -0.472 e. The molecule has 0 aliphatic carbocycles. The van der Waals surface area contributed by atoms with Crippen LogP contribution in [0.3, 0.4) is 0 Å². The lowest BCUT2D eigenvalue weighted by Gasteiger charge is -2.26. The van der Waals surface area contributed by atoms with Crippen molar-refractivity contribution in [3.8, 4) is 5.88 Å². The second-order valence-corrected chi connectivity index (χ2v) is 14.1. The first-order valence-corrected chi connectivity index (χ1v) is 17.5. The maximum absolute atomic E-state index is 13.9. The Hall–Kier alpha value is -3.87. The summed E-state index contributed by atoms with van der Waals surface area (Å²) in [6, 6.07) is 13.4. The molecule has 2 aliphatic rings. The molecule has 12 heteroatoms. The van der Waals surface area contributed by atoms with Crippen molar-refractivity contribution < 1.29 is 22.7 Å². The fourth-order valence-corrected chi connectivity index (χ4v) is 8.00. The highest BCUT2D eigenvalue weighted by molar-refractivity contribution is 7.89. The Morgan fingerprint density at radius 3 is 2.76 bits per heavy atom. The molecule has 2 aliphatic heterocycles. The first kappa shape index (κ1) is 32.1. The van der Waals surface area contributed by atoms with Crippen molar-refractivity contribution in [1.29, 1.82) is 0 Å². The van der Waals surface area contributed by atoms with Gasteiger partial charge in [-0.05, 0) is 86.1 Å². The average Bonchev–Trinajstić information content (AvgIpc) is 3.45. The van der Waals surface area contributed by atoms with E-state index in [-0.39, 0.29) is 54.3 Å². The fraction of sp³-hybridized carbons (Fsp3) is 0.471. The standard InChI is InChI=1S/C34H42N6O5S/c1-5-27-20-39(46(42,43)31-10-7-15-35-34(31)45-27)19-25-17-24(12-11-22(25)3)29(18-32(41)36-26-9-8-16-44-21-26)28-13-14-30-33(23(28)4)37-38-40(30)6-2/h7,10-15,17,26-27,29H,5-6,8-9,16,18-21H2,1-4H3,(H,36,41)/t26?,27-,29?/m1/s1. The molecule has 1 saturated heterocycles. The quantitative estimate of drug-likeness (QED) is 0.279. The SMILES string of the molecule is CC[C@@H]1CN(Cc2cc(C(CC(=O)NC3CCCOC3)c3ccc4c(nnn4CC)c3C)ccc2C)S(=O)(=O)c2cccnc2O1. The normalized spacial score (nSPS) is 20.4. The highest BCUT2D eigenvalue weighted by Crippen LogP contribution is 2.36. The summed E-state index contributed by atoms with van der Waals surface area (Å²) < 4.78 is 42.8. The van der Waals surface area contributed by atoms with Crippen LogP contribution in [0.4, 0.5) is 0 Å². The van der Waals surface area contributed by atoms with E-state index < -0.39 is 10.0 Å². The lowest BCUT2D eigenvalue weighted by molar-refractivity contribution is -0.122. The average molecular weight is 647 g/mol. The van der Waals surface area contributed by atoms with Gasteiger partial charge in [-0.15, -0.1) is 5.10 Å². The van der Waals surface area contributed by atoms with Crippen LogP contribution in [-0.2, 0) is 32.6 Å². The molecule has 4 heterocycles. The number of sulfonamides is 1. The Bertz CT molecular complexity index is 1840. The molecule has 2 aromatic heterocycles. The van der Waals surface area contributed by atoms with Gasteiger partial charge >= 0.3 is 0 Å². The molecule has 11 nitrogen and oxygen atoms in total. The maximum atomic E-state index is 13.9. The molecule has 1 amide bonds. The van der Waals surface area contributed by atoms with Gasteiger partial charge in [0.15, 0.2) is 0 Å². The van der Waals surface area contributed by atoms with Gasteiger partial charge in [-0.25, -0.2) is 18.1 Å². The number of hydrogen-bond acceptors (Lipinski definition) is 8. The summed E-state index contributed by atoms with van der Waals surface area (Å²) in [5.74, 6) is -0.207. The summed E-state index contributed by atoms with van der Waals surface area (Å²) in [7, 11) is -3.88. The molecular weight excluding hydrogens is 604 g/mol. The van der Waals surface area contributed by atoms with E-state index in [0.717, 1.165) is 58.3 Å². The molecule has 4 aromatic rings. The molecular formula is C34H42N6O5S. The topological polar surface area (TPSA) is 129 Å². The molecule has 244 valence electrons. The van der Waals surface area contributed by atoms with Crippen LogP contribution in [0.5, 0.6) is 5.88 Å². The Balaban J connectivity index is 1.37. The van der Waals surface area contributed by atoms with Crippen LogP contribution in [0.2, 0.25) is 0 Å². The zero-order valence-electron chi connectivity index (χ0n) is 26.9. The van der Waals surface area contributed by atoms with Crippen LogP contribution < -0.4 is 10.1 Å². The van der Waals surface area contributed by atoms with Crippen molar-refractivity contribution in [3.05, 3.63) is 76.5 Å². The van der Waals surface area contributed by atoms with Crippen molar-refractivity contribution in [3.63, 3.8) is 0 Å².